The molecule has 5 nitrogen and oxygen atoms in total. The van der Waals surface area contributed by atoms with Crippen LogP contribution in [0.1, 0.15) is 16.1 Å². The Kier molecular flexibility index (Phi) is 4.87. The van der Waals surface area contributed by atoms with E-state index in [9.17, 15) is 9.59 Å². The van der Waals surface area contributed by atoms with E-state index in [2.05, 4.69) is 15.0 Å². The van der Waals surface area contributed by atoms with Crippen LogP contribution in [0.2, 0.25) is 0 Å². The van der Waals surface area contributed by atoms with Crippen molar-refractivity contribution in [2.45, 2.75) is 6.92 Å². The highest BCUT2D eigenvalue weighted by atomic mass is 16.5. The fraction of sp³-hybridized carbons (Fsp3) is 0.250. The third-order valence-electron chi connectivity index (χ3n) is 1.98. The molecule has 1 amide bonds. The third kappa shape index (κ3) is 4.46. The molecule has 5 heteroatoms. The molecule has 0 unspecified atom stereocenters. The van der Waals surface area contributed by atoms with E-state index in [0.29, 0.717) is 5.69 Å². The number of hydrogen-bond donors (Lipinski definition) is 1. The minimum Gasteiger partial charge on any atom is -0.466 e. The van der Waals surface area contributed by atoms with E-state index >= 15 is 0 Å². The first-order valence-electron chi connectivity index (χ1n) is 5.09. The summed E-state index contributed by atoms with van der Waals surface area (Å²) in [4.78, 5) is 26.3. The van der Waals surface area contributed by atoms with Gasteiger partial charge < -0.3 is 10.1 Å². The number of pyridine rings is 1. The second-order valence-corrected chi connectivity index (χ2v) is 3.36. The Balaban J connectivity index is 2.42. The third-order valence-corrected chi connectivity index (χ3v) is 1.98. The average Bonchev–Trinajstić information content (AvgIpc) is 2.34. The Labute approximate surface area is 99.5 Å². The van der Waals surface area contributed by atoms with Gasteiger partial charge in [0.1, 0.15) is 5.69 Å². The summed E-state index contributed by atoms with van der Waals surface area (Å²) in [6.07, 6.45) is 4.39. The first-order valence-corrected chi connectivity index (χ1v) is 5.09. The van der Waals surface area contributed by atoms with Gasteiger partial charge in [-0.25, -0.2) is 4.79 Å². The van der Waals surface area contributed by atoms with Gasteiger partial charge in [-0.2, -0.15) is 0 Å². The SMILES string of the molecule is COC(=O)/C=C/CNC(=O)c1ccc(C)cn1. The number of amides is 1. The van der Waals surface area contributed by atoms with Crippen molar-refractivity contribution in [1.29, 1.82) is 0 Å². The van der Waals surface area contributed by atoms with Crippen molar-refractivity contribution in [3.05, 3.63) is 41.7 Å². The molecule has 0 aliphatic heterocycles. The maximum Gasteiger partial charge on any atom is 0.330 e. The van der Waals surface area contributed by atoms with Crippen LogP contribution in [0.3, 0.4) is 0 Å². The maximum atomic E-state index is 11.5. The van der Waals surface area contributed by atoms with E-state index < -0.39 is 5.97 Å². The predicted molar refractivity (Wildman–Crippen MR) is 62.5 cm³/mol. The molecule has 1 heterocycles. The summed E-state index contributed by atoms with van der Waals surface area (Å²) in [5, 5.41) is 2.60. The highest BCUT2D eigenvalue weighted by Gasteiger charge is 2.04. The Morgan fingerprint density at radius 3 is 2.82 bits per heavy atom. The molecule has 0 aliphatic rings. The number of hydrogen-bond acceptors (Lipinski definition) is 4. The predicted octanol–water partition coefficient (Wildman–Crippen LogP) is 0.849. The van der Waals surface area contributed by atoms with E-state index in [1.807, 2.05) is 13.0 Å². The fourth-order valence-electron chi connectivity index (χ4n) is 1.07. The van der Waals surface area contributed by atoms with Crippen molar-refractivity contribution in [2.75, 3.05) is 13.7 Å². The molecule has 0 spiro atoms. The lowest BCUT2D eigenvalue weighted by Gasteiger charge is -2.01. The van der Waals surface area contributed by atoms with Gasteiger partial charge in [0.15, 0.2) is 0 Å². The van der Waals surface area contributed by atoms with E-state index in [0.717, 1.165) is 5.56 Å². The first-order chi connectivity index (χ1) is 8.13. The van der Waals surface area contributed by atoms with E-state index in [1.165, 1.54) is 19.3 Å². The molecule has 0 aliphatic carbocycles. The summed E-state index contributed by atoms with van der Waals surface area (Å²) >= 11 is 0. The van der Waals surface area contributed by atoms with Crippen LogP contribution in [0.15, 0.2) is 30.5 Å². The van der Waals surface area contributed by atoms with Gasteiger partial charge in [-0.15, -0.1) is 0 Å². The summed E-state index contributed by atoms with van der Waals surface area (Å²) in [5.74, 6) is -0.729. The lowest BCUT2D eigenvalue weighted by atomic mass is 10.2. The van der Waals surface area contributed by atoms with Crippen molar-refractivity contribution in [1.82, 2.24) is 10.3 Å². The number of aromatic nitrogens is 1. The van der Waals surface area contributed by atoms with Crippen LogP contribution in [-0.2, 0) is 9.53 Å². The molecule has 0 bridgehead atoms. The molecular weight excluding hydrogens is 220 g/mol. The quantitative estimate of drug-likeness (QED) is 0.619. The van der Waals surface area contributed by atoms with Gasteiger partial charge in [0.25, 0.3) is 5.91 Å². The minimum absolute atomic E-state index is 0.253. The molecule has 0 aromatic carbocycles. The van der Waals surface area contributed by atoms with Gasteiger partial charge in [0, 0.05) is 18.8 Å². The number of rotatable bonds is 4. The zero-order valence-corrected chi connectivity index (χ0v) is 9.77. The van der Waals surface area contributed by atoms with Crippen LogP contribution in [0.4, 0.5) is 0 Å². The molecular formula is C12H14N2O3. The van der Waals surface area contributed by atoms with Crippen molar-refractivity contribution < 1.29 is 14.3 Å². The maximum absolute atomic E-state index is 11.5. The van der Waals surface area contributed by atoms with Gasteiger partial charge >= 0.3 is 5.97 Å². The van der Waals surface area contributed by atoms with Crippen LogP contribution in [0.5, 0.6) is 0 Å². The molecule has 0 radical (unpaired) electrons. The molecule has 1 aromatic rings. The highest BCUT2D eigenvalue weighted by Crippen LogP contribution is 1.97. The molecule has 17 heavy (non-hydrogen) atoms. The normalized spacial score (nSPS) is 10.2. The van der Waals surface area contributed by atoms with Crippen LogP contribution >= 0.6 is 0 Å². The molecule has 1 aromatic heterocycles. The average molecular weight is 234 g/mol. The van der Waals surface area contributed by atoms with Crippen molar-refractivity contribution >= 4 is 11.9 Å². The van der Waals surface area contributed by atoms with Crippen LogP contribution in [0, 0.1) is 6.92 Å². The summed E-state index contributed by atoms with van der Waals surface area (Å²) in [6, 6.07) is 3.46. The second-order valence-electron chi connectivity index (χ2n) is 3.36. The van der Waals surface area contributed by atoms with E-state index in [1.54, 1.807) is 12.3 Å². The Morgan fingerprint density at radius 1 is 1.47 bits per heavy atom. The van der Waals surface area contributed by atoms with Crippen molar-refractivity contribution in [3.63, 3.8) is 0 Å². The van der Waals surface area contributed by atoms with Crippen LogP contribution in [-0.4, -0.2) is 30.5 Å². The molecule has 1 N–H and O–H groups in total. The van der Waals surface area contributed by atoms with E-state index in [4.69, 9.17) is 0 Å². The standard InChI is InChI=1S/C12H14N2O3/c1-9-5-6-10(14-8-9)12(16)13-7-3-4-11(15)17-2/h3-6,8H,7H2,1-2H3,(H,13,16)/b4-3+. The van der Waals surface area contributed by atoms with Gasteiger partial charge in [-0.05, 0) is 18.6 Å². The largest absolute Gasteiger partial charge is 0.466 e. The molecule has 0 fully saturated rings. The molecule has 1 rings (SSSR count). The zero-order chi connectivity index (χ0) is 12.7. The van der Waals surface area contributed by atoms with Crippen molar-refractivity contribution in [2.24, 2.45) is 0 Å². The molecule has 0 saturated carbocycles. The molecule has 0 atom stereocenters. The number of esters is 1. The summed E-state index contributed by atoms with van der Waals surface area (Å²) in [7, 11) is 1.29. The Morgan fingerprint density at radius 2 is 2.24 bits per heavy atom. The number of aryl methyl sites for hydroxylation is 1. The topological polar surface area (TPSA) is 68.3 Å². The summed E-state index contributed by atoms with van der Waals surface area (Å²) in [6.45, 7) is 2.15. The van der Waals surface area contributed by atoms with Crippen LogP contribution in [0.25, 0.3) is 0 Å². The van der Waals surface area contributed by atoms with Gasteiger partial charge in [0.2, 0.25) is 0 Å². The fourth-order valence-corrected chi connectivity index (χ4v) is 1.07. The van der Waals surface area contributed by atoms with Gasteiger partial charge in [-0.1, -0.05) is 12.1 Å². The molecule has 90 valence electrons. The zero-order valence-electron chi connectivity index (χ0n) is 9.77. The number of carbonyl (C=O) groups is 2. The number of carbonyl (C=O) groups excluding carboxylic acids is 2. The first kappa shape index (κ1) is 12.9. The number of methoxy groups -OCH3 is 1. The smallest absolute Gasteiger partial charge is 0.330 e. The summed E-state index contributed by atoms with van der Waals surface area (Å²) in [5.41, 5.74) is 1.34. The minimum atomic E-state index is -0.451. The van der Waals surface area contributed by atoms with Crippen molar-refractivity contribution in [3.8, 4) is 0 Å². The van der Waals surface area contributed by atoms with E-state index in [-0.39, 0.29) is 12.5 Å². The Bertz CT molecular complexity index is 424. The van der Waals surface area contributed by atoms with Gasteiger partial charge in [0.05, 0.1) is 7.11 Å². The summed E-state index contributed by atoms with van der Waals surface area (Å²) < 4.78 is 4.40. The number of nitrogens with one attached hydrogen (secondary N) is 1. The Hall–Kier alpha value is -2.17. The lowest BCUT2D eigenvalue weighted by molar-refractivity contribution is -0.134. The second kappa shape index (κ2) is 6.42. The lowest BCUT2D eigenvalue weighted by Crippen LogP contribution is -2.24. The molecule has 0 saturated heterocycles. The monoisotopic (exact) mass is 234 g/mol. The number of nitrogens with zero attached hydrogens (tertiary/aromatic N) is 1. The highest BCUT2D eigenvalue weighted by molar-refractivity contribution is 5.92. The number of ether oxygens (including phenoxy) is 1. The van der Waals surface area contributed by atoms with Gasteiger partial charge in [-0.3, -0.25) is 9.78 Å². The van der Waals surface area contributed by atoms with Crippen LogP contribution < -0.4 is 5.32 Å².